The minimum atomic E-state index is -4.38. The van der Waals surface area contributed by atoms with Gasteiger partial charge in [0.25, 0.3) is 0 Å². The van der Waals surface area contributed by atoms with Crippen molar-refractivity contribution in [2.45, 2.75) is 12.7 Å². The molecule has 1 N–H and O–H groups in total. The number of aromatic hydroxyl groups is 1. The molecule has 0 saturated carbocycles. The van der Waals surface area contributed by atoms with Crippen LogP contribution in [-0.2, 0) is 17.5 Å². The Morgan fingerprint density at radius 3 is 2.45 bits per heavy atom. The SMILES string of the molecule is Oc1cccc(-c2nc(N3CCOCC3)nc3c2ncn3Cc2ccc(C(F)(F)F)cc2)c1. The molecule has 2 aromatic heterocycles. The van der Waals surface area contributed by atoms with E-state index in [2.05, 4.69) is 4.98 Å². The summed E-state index contributed by atoms with van der Waals surface area (Å²) in [5.41, 5.74) is 2.37. The molecule has 0 unspecified atom stereocenters. The van der Waals surface area contributed by atoms with Crippen LogP contribution in [0, 0.1) is 0 Å². The summed E-state index contributed by atoms with van der Waals surface area (Å²) in [4.78, 5) is 16.0. The minimum Gasteiger partial charge on any atom is -0.508 e. The molecule has 7 nitrogen and oxygen atoms in total. The van der Waals surface area contributed by atoms with E-state index in [1.165, 1.54) is 12.1 Å². The lowest BCUT2D eigenvalue weighted by Crippen LogP contribution is -2.37. The van der Waals surface area contributed by atoms with Gasteiger partial charge in [0.1, 0.15) is 17.0 Å². The van der Waals surface area contributed by atoms with Gasteiger partial charge in [-0.05, 0) is 29.8 Å². The Kier molecular flexibility index (Phi) is 5.37. The minimum absolute atomic E-state index is 0.108. The molecule has 33 heavy (non-hydrogen) atoms. The number of rotatable bonds is 4. The lowest BCUT2D eigenvalue weighted by atomic mass is 10.1. The first-order valence-corrected chi connectivity index (χ1v) is 10.4. The molecule has 0 aliphatic carbocycles. The largest absolute Gasteiger partial charge is 0.508 e. The lowest BCUT2D eigenvalue weighted by Gasteiger charge is -2.27. The molecule has 1 fully saturated rings. The van der Waals surface area contributed by atoms with Crippen molar-refractivity contribution in [3.63, 3.8) is 0 Å². The number of anilines is 1. The van der Waals surface area contributed by atoms with E-state index in [0.717, 1.165) is 12.1 Å². The number of morpholine rings is 1. The molecule has 5 rings (SSSR count). The summed E-state index contributed by atoms with van der Waals surface area (Å²) in [5.74, 6) is 0.620. The van der Waals surface area contributed by atoms with E-state index in [1.54, 1.807) is 29.1 Å². The molecule has 3 heterocycles. The number of fused-ring (bicyclic) bond motifs is 1. The van der Waals surface area contributed by atoms with Crippen LogP contribution < -0.4 is 4.90 Å². The third-order valence-corrected chi connectivity index (χ3v) is 5.50. The quantitative estimate of drug-likeness (QED) is 0.499. The fraction of sp³-hybridized carbons (Fsp3) is 0.261. The normalized spacial score (nSPS) is 14.7. The first-order valence-electron chi connectivity index (χ1n) is 10.4. The zero-order chi connectivity index (χ0) is 23.0. The van der Waals surface area contributed by atoms with Crippen LogP contribution in [0.5, 0.6) is 5.75 Å². The van der Waals surface area contributed by atoms with E-state index in [4.69, 9.17) is 14.7 Å². The Hall–Kier alpha value is -3.66. The molecule has 10 heteroatoms. The van der Waals surface area contributed by atoms with Crippen LogP contribution in [0.3, 0.4) is 0 Å². The van der Waals surface area contributed by atoms with Crippen molar-refractivity contribution < 1.29 is 23.0 Å². The number of aromatic nitrogens is 4. The second kappa shape index (κ2) is 8.36. The zero-order valence-corrected chi connectivity index (χ0v) is 17.5. The van der Waals surface area contributed by atoms with E-state index >= 15 is 0 Å². The molecule has 0 bridgehead atoms. The summed E-state index contributed by atoms with van der Waals surface area (Å²) in [6, 6.07) is 11.8. The summed E-state index contributed by atoms with van der Waals surface area (Å²) in [5, 5.41) is 9.97. The number of hydrogen-bond acceptors (Lipinski definition) is 6. The first-order chi connectivity index (χ1) is 15.9. The standard InChI is InChI=1S/C23H20F3N5O2/c24-23(25,26)17-6-4-15(5-7-17)13-31-14-27-20-19(16-2-1-3-18(32)12-16)28-22(29-21(20)31)30-8-10-33-11-9-30/h1-7,12,14,32H,8-11,13H2. The molecule has 0 atom stereocenters. The van der Waals surface area contributed by atoms with Gasteiger partial charge in [0, 0.05) is 18.7 Å². The maximum Gasteiger partial charge on any atom is 0.416 e. The predicted molar refractivity (Wildman–Crippen MR) is 116 cm³/mol. The second-order valence-corrected chi connectivity index (χ2v) is 7.76. The molecular formula is C23H20F3N5O2. The number of halogens is 3. The number of phenols is 1. The molecule has 1 aliphatic rings. The average molecular weight is 455 g/mol. The van der Waals surface area contributed by atoms with Crippen molar-refractivity contribution in [2.24, 2.45) is 0 Å². The van der Waals surface area contributed by atoms with Gasteiger partial charge in [-0.15, -0.1) is 0 Å². The van der Waals surface area contributed by atoms with Crippen molar-refractivity contribution in [3.8, 4) is 17.0 Å². The Labute approximate surface area is 187 Å². The van der Waals surface area contributed by atoms with Gasteiger partial charge in [0.05, 0.1) is 31.6 Å². The van der Waals surface area contributed by atoms with Crippen molar-refractivity contribution in [1.29, 1.82) is 0 Å². The number of alkyl halides is 3. The van der Waals surface area contributed by atoms with Gasteiger partial charge >= 0.3 is 6.18 Å². The van der Waals surface area contributed by atoms with Crippen molar-refractivity contribution >= 4 is 17.1 Å². The summed E-state index contributed by atoms with van der Waals surface area (Å²) in [6.45, 7) is 2.70. The van der Waals surface area contributed by atoms with Gasteiger partial charge in [0.2, 0.25) is 5.95 Å². The smallest absolute Gasteiger partial charge is 0.416 e. The molecular weight excluding hydrogens is 435 g/mol. The van der Waals surface area contributed by atoms with E-state index in [-0.39, 0.29) is 5.75 Å². The van der Waals surface area contributed by atoms with E-state index in [0.29, 0.717) is 66.8 Å². The number of nitrogens with zero attached hydrogens (tertiary/aromatic N) is 5. The van der Waals surface area contributed by atoms with Crippen molar-refractivity contribution in [2.75, 3.05) is 31.2 Å². The van der Waals surface area contributed by atoms with Crippen molar-refractivity contribution in [1.82, 2.24) is 19.5 Å². The number of phenolic OH excluding ortho intramolecular Hbond substituents is 1. The summed E-state index contributed by atoms with van der Waals surface area (Å²) in [6.07, 6.45) is -2.77. The molecule has 0 amide bonds. The molecule has 0 radical (unpaired) electrons. The Morgan fingerprint density at radius 1 is 1.00 bits per heavy atom. The summed E-state index contributed by atoms with van der Waals surface area (Å²) < 4.78 is 45.9. The monoisotopic (exact) mass is 455 g/mol. The van der Waals surface area contributed by atoms with E-state index in [1.807, 2.05) is 11.0 Å². The molecule has 2 aromatic carbocycles. The van der Waals surface area contributed by atoms with Crippen LogP contribution in [0.2, 0.25) is 0 Å². The van der Waals surface area contributed by atoms with Gasteiger partial charge in [-0.25, -0.2) is 9.97 Å². The Morgan fingerprint density at radius 2 is 1.76 bits per heavy atom. The van der Waals surface area contributed by atoms with Gasteiger partial charge in [-0.3, -0.25) is 0 Å². The zero-order valence-electron chi connectivity index (χ0n) is 17.5. The summed E-state index contributed by atoms with van der Waals surface area (Å²) >= 11 is 0. The highest BCUT2D eigenvalue weighted by Gasteiger charge is 2.30. The Bertz CT molecular complexity index is 1280. The number of hydrogen-bond donors (Lipinski definition) is 1. The highest BCUT2D eigenvalue weighted by atomic mass is 19.4. The van der Waals surface area contributed by atoms with Crippen molar-refractivity contribution in [3.05, 3.63) is 66.0 Å². The average Bonchev–Trinajstić information content (AvgIpc) is 3.21. The van der Waals surface area contributed by atoms with Crippen LogP contribution >= 0.6 is 0 Å². The van der Waals surface area contributed by atoms with Gasteiger partial charge in [-0.1, -0.05) is 24.3 Å². The number of benzene rings is 2. The van der Waals surface area contributed by atoms with Crippen LogP contribution in [0.25, 0.3) is 22.4 Å². The third-order valence-electron chi connectivity index (χ3n) is 5.50. The maximum absolute atomic E-state index is 12.9. The van der Waals surface area contributed by atoms with Gasteiger partial charge in [-0.2, -0.15) is 18.2 Å². The molecule has 1 saturated heterocycles. The first kappa shape index (κ1) is 21.2. The molecule has 170 valence electrons. The third kappa shape index (κ3) is 4.34. The van der Waals surface area contributed by atoms with Gasteiger partial charge in [0.15, 0.2) is 5.65 Å². The van der Waals surface area contributed by atoms with Crippen LogP contribution in [0.15, 0.2) is 54.9 Å². The maximum atomic E-state index is 12.9. The highest BCUT2D eigenvalue weighted by Crippen LogP contribution is 2.31. The van der Waals surface area contributed by atoms with E-state index < -0.39 is 11.7 Å². The Balaban J connectivity index is 1.58. The number of imidazole rings is 1. The summed E-state index contributed by atoms with van der Waals surface area (Å²) in [7, 11) is 0. The van der Waals surface area contributed by atoms with Crippen LogP contribution in [-0.4, -0.2) is 50.9 Å². The molecule has 1 aliphatic heterocycles. The predicted octanol–water partition coefficient (Wildman–Crippen LogP) is 4.10. The number of ether oxygens (including phenoxy) is 1. The molecule has 0 spiro atoms. The topological polar surface area (TPSA) is 76.3 Å². The second-order valence-electron chi connectivity index (χ2n) is 7.76. The lowest BCUT2D eigenvalue weighted by molar-refractivity contribution is -0.137. The van der Waals surface area contributed by atoms with Crippen LogP contribution in [0.1, 0.15) is 11.1 Å². The highest BCUT2D eigenvalue weighted by molar-refractivity contribution is 5.88. The fourth-order valence-electron chi connectivity index (χ4n) is 3.80. The van der Waals surface area contributed by atoms with Gasteiger partial charge < -0.3 is 19.3 Å². The van der Waals surface area contributed by atoms with Crippen LogP contribution in [0.4, 0.5) is 19.1 Å². The fourth-order valence-corrected chi connectivity index (χ4v) is 3.80. The molecule has 4 aromatic rings. The van der Waals surface area contributed by atoms with E-state index in [9.17, 15) is 18.3 Å².